The van der Waals surface area contributed by atoms with Crippen molar-refractivity contribution in [2.24, 2.45) is 11.7 Å². The average Bonchev–Trinajstić information content (AvgIpc) is 2.38. The van der Waals surface area contributed by atoms with E-state index >= 15 is 0 Å². The Hall–Kier alpha value is -1.09. The molecule has 1 rings (SSSR count). The van der Waals surface area contributed by atoms with Crippen molar-refractivity contribution in [1.82, 2.24) is 4.98 Å². The zero-order valence-electron chi connectivity index (χ0n) is 13.1. The molecule has 3 heteroatoms. The van der Waals surface area contributed by atoms with Crippen LogP contribution in [-0.4, -0.2) is 17.6 Å². The van der Waals surface area contributed by atoms with Crippen LogP contribution in [0.1, 0.15) is 51.8 Å². The van der Waals surface area contributed by atoms with E-state index in [4.69, 9.17) is 10.7 Å². The fourth-order valence-corrected chi connectivity index (χ4v) is 2.51. The number of aryl methyl sites for hydroxylation is 1. The largest absolute Gasteiger partial charge is 0.353 e. The van der Waals surface area contributed by atoms with Crippen LogP contribution in [0.15, 0.2) is 12.1 Å². The molecule has 1 aromatic heterocycles. The molecule has 0 atom stereocenters. The topological polar surface area (TPSA) is 42.2 Å². The molecule has 0 aliphatic carbocycles. The van der Waals surface area contributed by atoms with Crippen molar-refractivity contribution in [1.29, 1.82) is 0 Å². The zero-order chi connectivity index (χ0) is 14.4. The molecule has 0 saturated carbocycles. The predicted molar refractivity (Wildman–Crippen MR) is 83.4 cm³/mol. The summed E-state index contributed by atoms with van der Waals surface area (Å²) in [6.45, 7) is 12.6. The summed E-state index contributed by atoms with van der Waals surface area (Å²) >= 11 is 0. The van der Waals surface area contributed by atoms with Crippen LogP contribution in [0.2, 0.25) is 0 Å². The van der Waals surface area contributed by atoms with E-state index in [9.17, 15) is 0 Å². The summed E-state index contributed by atoms with van der Waals surface area (Å²) in [5, 5.41) is 0. The third kappa shape index (κ3) is 4.20. The molecule has 0 aromatic carbocycles. The van der Waals surface area contributed by atoms with E-state index in [0.717, 1.165) is 36.5 Å². The first-order chi connectivity index (χ1) is 9.03. The second-order valence-electron chi connectivity index (χ2n) is 5.66. The monoisotopic (exact) mass is 263 g/mol. The van der Waals surface area contributed by atoms with Gasteiger partial charge in [-0.05, 0) is 31.7 Å². The Balaban J connectivity index is 3.18. The number of nitrogens with zero attached hydrogens (tertiary/aromatic N) is 2. The molecular weight excluding hydrogens is 234 g/mol. The van der Waals surface area contributed by atoms with Crippen molar-refractivity contribution in [2.45, 2.75) is 60.0 Å². The number of anilines is 1. The van der Waals surface area contributed by atoms with Crippen LogP contribution < -0.4 is 10.6 Å². The van der Waals surface area contributed by atoms with Crippen molar-refractivity contribution >= 4 is 5.82 Å². The summed E-state index contributed by atoms with van der Waals surface area (Å²) < 4.78 is 0. The quantitative estimate of drug-likeness (QED) is 0.818. The van der Waals surface area contributed by atoms with Crippen molar-refractivity contribution < 1.29 is 0 Å². The molecule has 0 spiro atoms. The average molecular weight is 263 g/mol. The van der Waals surface area contributed by atoms with E-state index in [0.29, 0.717) is 18.5 Å². The molecule has 1 aromatic rings. The van der Waals surface area contributed by atoms with E-state index < -0.39 is 0 Å². The minimum absolute atomic E-state index is 0.544. The van der Waals surface area contributed by atoms with E-state index in [1.165, 1.54) is 0 Å². The van der Waals surface area contributed by atoms with Gasteiger partial charge < -0.3 is 10.6 Å². The lowest BCUT2D eigenvalue weighted by atomic mass is 10.1. The minimum atomic E-state index is 0.544. The van der Waals surface area contributed by atoms with Crippen LogP contribution in [0.4, 0.5) is 5.82 Å². The van der Waals surface area contributed by atoms with Crippen molar-refractivity contribution in [3.05, 3.63) is 23.4 Å². The smallest absolute Gasteiger partial charge is 0.133 e. The molecule has 0 unspecified atom stereocenters. The van der Waals surface area contributed by atoms with E-state index in [1.54, 1.807) is 0 Å². The van der Waals surface area contributed by atoms with Gasteiger partial charge in [0.05, 0.1) is 0 Å². The highest BCUT2D eigenvalue weighted by Gasteiger charge is 2.20. The van der Waals surface area contributed by atoms with Gasteiger partial charge in [-0.25, -0.2) is 4.98 Å². The van der Waals surface area contributed by atoms with Gasteiger partial charge in [-0.1, -0.05) is 33.8 Å². The highest BCUT2D eigenvalue weighted by molar-refractivity contribution is 5.48. The first-order valence-corrected chi connectivity index (χ1v) is 7.46. The highest BCUT2D eigenvalue weighted by Crippen LogP contribution is 2.24. The maximum absolute atomic E-state index is 5.89. The maximum atomic E-state index is 5.89. The molecule has 0 aliphatic rings. The molecule has 1 heterocycles. The van der Waals surface area contributed by atoms with E-state index in [2.05, 4.69) is 38.7 Å². The van der Waals surface area contributed by atoms with Crippen molar-refractivity contribution in [3.63, 3.8) is 0 Å². The molecule has 0 aliphatic heterocycles. The number of aromatic nitrogens is 1. The Bertz CT molecular complexity index is 384. The minimum Gasteiger partial charge on any atom is -0.353 e. The van der Waals surface area contributed by atoms with E-state index in [1.807, 2.05) is 13.0 Å². The number of hydrogen-bond donors (Lipinski definition) is 1. The van der Waals surface area contributed by atoms with Gasteiger partial charge in [-0.2, -0.15) is 0 Å². The predicted octanol–water partition coefficient (Wildman–Crippen LogP) is 3.50. The number of rotatable bonds is 7. The van der Waals surface area contributed by atoms with Crippen molar-refractivity contribution in [3.8, 4) is 0 Å². The number of pyridine rings is 1. The molecular formula is C16H29N3. The molecule has 0 fully saturated rings. The van der Waals surface area contributed by atoms with Crippen LogP contribution in [0, 0.1) is 12.8 Å². The maximum Gasteiger partial charge on any atom is 0.133 e. The van der Waals surface area contributed by atoms with Gasteiger partial charge in [-0.15, -0.1) is 0 Å². The summed E-state index contributed by atoms with van der Waals surface area (Å²) in [6, 6.07) is 4.71. The fourth-order valence-electron chi connectivity index (χ4n) is 2.51. The molecule has 0 bridgehead atoms. The first-order valence-electron chi connectivity index (χ1n) is 7.46. The van der Waals surface area contributed by atoms with Gasteiger partial charge in [0, 0.05) is 30.4 Å². The second kappa shape index (κ2) is 7.49. The molecule has 108 valence electrons. The Labute approximate surface area is 118 Å². The summed E-state index contributed by atoms with van der Waals surface area (Å²) in [5.41, 5.74) is 8.10. The summed E-state index contributed by atoms with van der Waals surface area (Å²) in [5.74, 6) is 1.71. The zero-order valence-corrected chi connectivity index (χ0v) is 13.1. The summed E-state index contributed by atoms with van der Waals surface area (Å²) in [4.78, 5) is 7.22. The lowest BCUT2D eigenvalue weighted by Gasteiger charge is -2.34. The molecule has 2 N–H and O–H groups in total. The summed E-state index contributed by atoms with van der Waals surface area (Å²) in [7, 11) is 0. The Morgan fingerprint density at radius 2 is 1.84 bits per heavy atom. The van der Waals surface area contributed by atoms with E-state index in [-0.39, 0.29) is 0 Å². The van der Waals surface area contributed by atoms with Gasteiger partial charge in [0.1, 0.15) is 5.82 Å². The SMILES string of the molecule is CCC(CC)N(CC(C)C)c1nc(C)ccc1CN. The lowest BCUT2D eigenvalue weighted by Crippen LogP contribution is -2.39. The third-order valence-corrected chi connectivity index (χ3v) is 3.53. The number of hydrogen-bond acceptors (Lipinski definition) is 3. The van der Waals surface area contributed by atoms with Crippen LogP contribution >= 0.6 is 0 Å². The Kier molecular flexibility index (Phi) is 6.29. The molecule has 3 nitrogen and oxygen atoms in total. The third-order valence-electron chi connectivity index (χ3n) is 3.53. The van der Waals surface area contributed by atoms with Gasteiger partial charge in [0.25, 0.3) is 0 Å². The standard InChI is InChI=1S/C16H29N3/c1-6-15(7-2)19(11-12(3)4)16-14(10-17)9-8-13(5)18-16/h8-9,12,15H,6-7,10-11,17H2,1-5H3. The molecule has 0 amide bonds. The highest BCUT2D eigenvalue weighted by atomic mass is 15.2. The fraction of sp³-hybridized carbons (Fsp3) is 0.688. The Morgan fingerprint density at radius 3 is 2.32 bits per heavy atom. The normalized spacial score (nSPS) is 11.4. The lowest BCUT2D eigenvalue weighted by molar-refractivity contribution is 0.501. The molecule has 19 heavy (non-hydrogen) atoms. The Morgan fingerprint density at radius 1 is 1.21 bits per heavy atom. The van der Waals surface area contributed by atoms with Gasteiger partial charge in [-0.3, -0.25) is 0 Å². The van der Waals surface area contributed by atoms with Gasteiger partial charge >= 0.3 is 0 Å². The molecule has 0 radical (unpaired) electrons. The van der Waals surface area contributed by atoms with Crippen LogP contribution in [0.25, 0.3) is 0 Å². The molecule has 0 saturated heterocycles. The number of nitrogens with two attached hydrogens (primary N) is 1. The second-order valence-corrected chi connectivity index (χ2v) is 5.66. The van der Waals surface area contributed by atoms with Crippen LogP contribution in [0.3, 0.4) is 0 Å². The first kappa shape index (κ1) is 16.0. The van der Waals surface area contributed by atoms with Gasteiger partial charge in [0.2, 0.25) is 0 Å². The van der Waals surface area contributed by atoms with Crippen LogP contribution in [-0.2, 0) is 6.54 Å². The van der Waals surface area contributed by atoms with Gasteiger partial charge in [0.15, 0.2) is 0 Å². The van der Waals surface area contributed by atoms with Crippen LogP contribution in [0.5, 0.6) is 0 Å². The van der Waals surface area contributed by atoms with Crippen molar-refractivity contribution in [2.75, 3.05) is 11.4 Å². The summed E-state index contributed by atoms with van der Waals surface area (Å²) in [6.07, 6.45) is 2.28.